The molecule has 0 bridgehead atoms. The van der Waals surface area contributed by atoms with Crippen LogP contribution < -0.4 is 5.73 Å². The first-order valence-corrected chi connectivity index (χ1v) is 12.0. The molecule has 31 heavy (non-hydrogen) atoms. The smallest absolute Gasteiger partial charge is 0.205 e. The third kappa shape index (κ3) is 4.30. The van der Waals surface area contributed by atoms with Gasteiger partial charge in [0.15, 0.2) is 5.78 Å². The van der Waals surface area contributed by atoms with Crippen molar-refractivity contribution in [1.29, 1.82) is 5.26 Å². The zero-order valence-electron chi connectivity index (χ0n) is 17.5. The van der Waals surface area contributed by atoms with Crippen LogP contribution in [0.1, 0.15) is 47.4 Å². The van der Waals surface area contributed by atoms with E-state index >= 15 is 0 Å². The maximum absolute atomic E-state index is 12.9. The van der Waals surface area contributed by atoms with E-state index in [-0.39, 0.29) is 11.7 Å². The Balaban J connectivity index is 1.75. The zero-order valence-corrected chi connectivity index (χ0v) is 19.9. The van der Waals surface area contributed by atoms with E-state index in [1.165, 1.54) is 16.0 Å². The second-order valence-electron chi connectivity index (χ2n) is 7.92. The third-order valence-electron chi connectivity index (χ3n) is 5.85. The van der Waals surface area contributed by atoms with Gasteiger partial charge in [0.05, 0.1) is 5.92 Å². The number of carbonyl (C=O) groups is 1. The van der Waals surface area contributed by atoms with Crippen LogP contribution in [0, 0.1) is 25.2 Å². The van der Waals surface area contributed by atoms with Gasteiger partial charge in [0.25, 0.3) is 0 Å². The highest BCUT2D eigenvalue weighted by atomic mass is 79.9. The van der Waals surface area contributed by atoms with Crippen LogP contribution in [0.5, 0.6) is 0 Å². The van der Waals surface area contributed by atoms with Gasteiger partial charge in [-0.1, -0.05) is 28.1 Å². The van der Waals surface area contributed by atoms with Crippen LogP contribution in [0.25, 0.3) is 0 Å². The molecule has 1 aliphatic heterocycles. The lowest BCUT2D eigenvalue weighted by molar-refractivity contribution is -0.116. The highest BCUT2D eigenvalue weighted by Gasteiger charge is 2.38. The number of nitrogens with zero attached hydrogens (tertiary/aromatic N) is 1. The number of hydrogen-bond donors (Lipinski definition) is 1. The van der Waals surface area contributed by atoms with E-state index in [4.69, 9.17) is 10.5 Å². The molecule has 0 saturated heterocycles. The summed E-state index contributed by atoms with van der Waals surface area (Å²) in [6, 6.07) is 14.7. The Morgan fingerprint density at radius 3 is 2.65 bits per heavy atom. The average molecular weight is 495 g/mol. The van der Waals surface area contributed by atoms with Crippen LogP contribution >= 0.6 is 27.7 Å². The summed E-state index contributed by atoms with van der Waals surface area (Å²) in [5.74, 6) is 1.14. The third-order valence-corrected chi connectivity index (χ3v) is 7.44. The molecule has 158 valence electrons. The maximum atomic E-state index is 12.9. The van der Waals surface area contributed by atoms with Crippen molar-refractivity contribution in [1.82, 2.24) is 0 Å². The molecular weight excluding hydrogens is 472 g/mol. The van der Waals surface area contributed by atoms with Crippen molar-refractivity contribution in [3.05, 3.63) is 85.9 Å². The summed E-state index contributed by atoms with van der Waals surface area (Å²) in [5.41, 5.74) is 11.4. The summed E-state index contributed by atoms with van der Waals surface area (Å²) < 4.78 is 6.77. The van der Waals surface area contributed by atoms with E-state index in [1.54, 1.807) is 11.8 Å². The van der Waals surface area contributed by atoms with Crippen molar-refractivity contribution < 1.29 is 9.53 Å². The Labute approximate surface area is 195 Å². The molecule has 0 radical (unpaired) electrons. The van der Waals surface area contributed by atoms with Gasteiger partial charge in [0.1, 0.15) is 17.4 Å². The summed E-state index contributed by atoms with van der Waals surface area (Å²) in [6.45, 7) is 4.13. The number of carbonyl (C=O) groups excluding carboxylic acids is 1. The molecule has 1 aliphatic carbocycles. The molecule has 1 heterocycles. The van der Waals surface area contributed by atoms with E-state index in [0.29, 0.717) is 29.7 Å². The van der Waals surface area contributed by atoms with Crippen molar-refractivity contribution >= 4 is 33.5 Å². The number of allylic oxidation sites excluding steroid dienone is 3. The number of Topliss-reactive ketones (excluding diaryl/α,β-unsaturated/α-hetero) is 1. The molecule has 2 aromatic carbocycles. The molecule has 0 spiro atoms. The lowest BCUT2D eigenvalue weighted by Crippen LogP contribution is -2.27. The second-order valence-corrected chi connectivity index (χ2v) is 9.88. The van der Waals surface area contributed by atoms with Gasteiger partial charge in [0.2, 0.25) is 5.88 Å². The highest BCUT2D eigenvalue weighted by molar-refractivity contribution is 9.10. The highest BCUT2D eigenvalue weighted by Crippen LogP contribution is 2.45. The van der Waals surface area contributed by atoms with E-state index in [1.807, 2.05) is 19.1 Å². The normalized spacial score (nSPS) is 18.5. The van der Waals surface area contributed by atoms with Crippen LogP contribution in [0.2, 0.25) is 0 Å². The molecule has 4 nitrogen and oxygen atoms in total. The fraction of sp³-hybridized carbons (Fsp3) is 0.280. The van der Waals surface area contributed by atoms with Crippen molar-refractivity contribution in [3.8, 4) is 6.07 Å². The predicted molar refractivity (Wildman–Crippen MR) is 126 cm³/mol. The Morgan fingerprint density at radius 2 is 1.94 bits per heavy atom. The first-order chi connectivity index (χ1) is 14.9. The molecule has 4 rings (SSSR count). The van der Waals surface area contributed by atoms with E-state index < -0.39 is 5.92 Å². The number of benzene rings is 2. The average Bonchev–Trinajstić information content (AvgIpc) is 2.74. The number of ether oxygens (including phenoxy) is 1. The van der Waals surface area contributed by atoms with Gasteiger partial charge in [-0.25, -0.2) is 0 Å². The van der Waals surface area contributed by atoms with Gasteiger partial charge >= 0.3 is 0 Å². The van der Waals surface area contributed by atoms with Gasteiger partial charge in [0, 0.05) is 33.5 Å². The first kappa shape index (κ1) is 21.7. The Kier molecular flexibility index (Phi) is 6.27. The SMILES string of the molecule is Cc1cc(C)c(C2C(C#N)=C(N)OC3=C2C(=O)CCC3)cc1CSc1ccc(Br)cc1. The quantitative estimate of drug-likeness (QED) is 0.513. The molecule has 6 heteroatoms. The molecule has 0 amide bonds. The van der Waals surface area contributed by atoms with Gasteiger partial charge in [-0.15, -0.1) is 11.8 Å². The fourth-order valence-corrected chi connectivity index (χ4v) is 5.47. The fourth-order valence-electron chi connectivity index (χ4n) is 4.24. The minimum absolute atomic E-state index is 0.0530. The van der Waals surface area contributed by atoms with Gasteiger partial charge < -0.3 is 10.5 Å². The maximum Gasteiger partial charge on any atom is 0.205 e. The number of thioether (sulfide) groups is 1. The van der Waals surface area contributed by atoms with Crippen LogP contribution in [-0.2, 0) is 15.3 Å². The van der Waals surface area contributed by atoms with Gasteiger partial charge in [-0.05, 0) is 66.8 Å². The van der Waals surface area contributed by atoms with Crippen LogP contribution in [-0.4, -0.2) is 5.78 Å². The van der Waals surface area contributed by atoms with Crippen LogP contribution in [0.3, 0.4) is 0 Å². The van der Waals surface area contributed by atoms with E-state index in [2.05, 4.69) is 53.2 Å². The standard InChI is InChI=1S/C25H23BrN2O2S/c1-14-10-15(2)19(11-16(14)13-31-18-8-6-17(26)7-9-18)23-20(12-27)25(28)30-22-5-3-4-21(29)24(22)23/h6-11,23H,3-5,13,28H2,1-2H3. The van der Waals surface area contributed by atoms with E-state index in [9.17, 15) is 10.1 Å². The Bertz CT molecular complexity index is 1160. The monoisotopic (exact) mass is 494 g/mol. The summed E-state index contributed by atoms with van der Waals surface area (Å²) in [7, 11) is 0. The lowest BCUT2D eigenvalue weighted by atomic mass is 9.76. The molecular formula is C25H23BrN2O2S. The zero-order chi connectivity index (χ0) is 22.1. The van der Waals surface area contributed by atoms with Crippen molar-refractivity contribution in [2.75, 3.05) is 0 Å². The summed E-state index contributed by atoms with van der Waals surface area (Å²) >= 11 is 5.23. The molecule has 2 N–H and O–H groups in total. The topological polar surface area (TPSA) is 76.1 Å². The van der Waals surface area contributed by atoms with Gasteiger partial charge in [-0.2, -0.15) is 5.26 Å². The molecule has 1 atom stereocenters. The van der Waals surface area contributed by atoms with Gasteiger partial charge in [-0.3, -0.25) is 4.79 Å². The van der Waals surface area contributed by atoms with Crippen LogP contribution in [0.15, 0.2) is 68.6 Å². The second kappa shape index (κ2) is 8.94. The first-order valence-electron chi connectivity index (χ1n) is 10.2. The summed E-state index contributed by atoms with van der Waals surface area (Å²) in [6.07, 6.45) is 1.91. The van der Waals surface area contributed by atoms with Crippen LogP contribution in [0.4, 0.5) is 0 Å². The summed E-state index contributed by atoms with van der Waals surface area (Å²) in [5, 5.41) is 9.85. The molecule has 2 aliphatic rings. The van der Waals surface area contributed by atoms with Crippen molar-refractivity contribution in [2.45, 2.75) is 49.7 Å². The number of hydrogen-bond acceptors (Lipinski definition) is 5. The van der Waals surface area contributed by atoms with Crippen molar-refractivity contribution in [2.24, 2.45) is 5.73 Å². The molecule has 0 aromatic heterocycles. The Hall–Kier alpha value is -2.49. The number of ketones is 1. The number of aryl methyl sites for hydroxylation is 2. The largest absolute Gasteiger partial charge is 0.444 e. The number of nitrogens with two attached hydrogens (primary N) is 1. The molecule has 2 aromatic rings. The van der Waals surface area contributed by atoms with Crippen molar-refractivity contribution in [3.63, 3.8) is 0 Å². The summed E-state index contributed by atoms with van der Waals surface area (Å²) in [4.78, 5) is 14.0. The minimum Gasteiger partial charge on any atom is -0.444 e. The van der Waals surface area contributed by atoms with E-state index in [0.717, 1.165) is 27.8 Å². The lowest BCUT2D eigenvalue weighted by Gasteiger charge is -2.32. The number of nitriles is 1. The predicted octanol–water partition coefficient (Wildman–Crippen LogP) is 6.17. The number of halogens is 1. The molecule has 0 saturated carbocycles. The minimum atomic E-state index is -0.460. The molecule has 0 fully saturated rings. The Morgan fingerprint density at radius 1 is 1.19 bits per heavy atom. The number of rotatable bonds is 4. The molecule has 1 unspecified atom stereocenters.